The summed E-state index contributed by atoms with van der Waals surface area (Å²) < 4.78 is 10.1. The van der Waals surface area contributed by atoms with Gasteiger partial charge in [-0.3, -0.25) is 0 Å². The zero-order valence-electron chi connectivity index (χ0n) is 7.50. The molecule has 0 aliphatic carbocycles. The number of aliphatic hydroxyl groups excluding tert-OH is 1. The molecule has 1 aromatic rings. The number of rotatable bonds is 3. The maximum Gasteiger partial charge on any atom is 0.166 e. The number of methoxy groups -OCH3 is 2. The summed E-state index contributed by atoms with van der Waals surface area (Å²) in [5, 5.41) is 9.52. The monoisotopic (exact) mass is 202 g/mol. The van der Waals surface area contributed by atoms with Crippen molar-refractivity contribution in [2.45, 2.75) is 6.61 Å². The Bertz CT molecular complexity index is 274. The topological polar surface area (TPSA) is 38.7 Å². The molecule has 0 spiro atoms. The second-order valence-electron chi connectivity index (χ2n) is 2.46. The van der Waals surface area contributed by atoms with Crippen LogP contribution in [0.2, 0.25) is 5.02 Å². The van der Waals surface area contributed by atoms with E-state index in [4.69, 9.17) is 26.2 Å². The van der Waals surface area contributed by atoms with E-state index in [0.717, 1.165) is 0 Å². The van der Waals surface area contributed by atoms with Crippen molar-refractivity contribution in [3.8, 4) is 11.5 Å². The summed E-state index contributed by atoms with van der Waals surface area (Å²) in [6.07, 6.45) is 0. The van der Waals surface area contributed by atoms with Gasteiger partial charge in [0.1, 0.15) is 0 Å². The lowest BCUT2D eigenvalue weighted by atomic mass is 10.2. The number of hydrogen-bond donors (Lipinski definition) is 1. The molecule has 4 heteroatoms. The smallest absolute Gasteiger partial charge is 0.166 e. The van der Waals surface area contributed by atoms with Crippen LogP contribution in [0.5, 0.6) is 11.5 Å². The standard InChI is InChI=1S/C9H11ClO3/c1-12-8-4-7(10)3-6(5-11)9(8)13-2/h3-4,11H,5H2,1-2H3. The van der Waals surface area contributed by atoms with Crippen LogP contribution in [0.25, 0.3) is 0 Å². The average Bonchev–Trinajstić information content (AvgIpc) is 2.16. The predicted octanol–water partition coefficient (Wildman–Crippen LogP) is 1.85. The zero-order valence-corrected chi connectivity index (χ0v) is 8.26. The Labute approximate surface area is 81.9 Å². The predicted molar refractivity (Wildman–Crippen MR) is 50.5 cm³/mol. The third-order valence-electron chi connectivity index (χ3n) is 1.69. The molecule has 0 saturated heterocycles. The number of hydrogen-bond acceptors (Lipinski definition) is 3. The fourth-order valence-electron chi connectivity index (χ4n) is 1.12. The van der Waals surface area contributed by atoms with Crippen molar-refractivity contribution in [2.24, 2.45) is 0 Å². The molecule has 0 unspecified atom stereocenters. The van der Waals surface area contributed by atoms with Crippen molar-refractivity contribution in [2.75, 3.05) is 14.2 Å². The molecule has 1 aromatic carbocycles. The van der Waals surface area contributed by atoms with E-state index in [1.54, 1.807) is 12.1 Å². The molecule has 3 nitrogen and oxygen atoms in total. The van der Waals surface area contributed by atoms with E-state index in [1.807, 2.05) is 0 Å². The minimum absolute atomic E-state index is 0.125. The van der Waals surface area contributed by atoms with Crippen LogP contribution in [0.15, 0.2) is 12.1 Å². The second-order valence-corrected chi connectivity index (χ2v) is 2.89. The average molecular weight is 203 g/mol. The SMILES string of the molecule is COc1cc(Cl)cc(CO)c1OC. The number of ether oxygens (including phenoxy) is 2. The van der Waals surface area contributed by atoms with E-state index in [1.165, 1.54) is 14.2 Å². The van der Waals surface area contributed by atoms with Gasteiger partial charge < -0.3 is 14.6 Å². The van der Waals surface area contributed by atoms with Gasteiger partial charge >= 0.3 is 0 Å². The third kappa shape index (κ3) is 2.05. The minimum Gasteiger partial charge on any atom is -0.493 e. The van der Waals surface area contributed by atoms with Crippen LogP contribution in [0.4, 0.5) is 0 Å². The van der Waals surface area contributed by atoms with Gasteiger partial charge in [-0.15, -0.1) is 0 Å². The maximum absolute atomic E-state index is 9.00. The fraction of sp³-hybridized carbons (Fsp3) is 0.333. The summed E-state index contributed by atoms with van der Waals surface area (Å²) in [5.41, 5.74) is 0.617. The molecular formula is C9H11ClO3. The highest BCUT2D eigenvalue weighted by molar-refractivity contribution is 6.30. The zero-order chi connectivity index (χ0) is 9.84. The van der Waals surface area contributed by atoms with Gasteiger partial charge in [-0.2, -0.15) is 0 Å². The first-order valence-corrected chi connectivity index (χ1v) is 4.12. The summed E-state index contributed by atoms with van der Waals surface area (Å²) in [4.78, 5) is 0. The van der Waals surface area contributed by atoms with Crippen molar-refractivity contribution in [1.82, 2.24) is 0 Å². The molecule has 0 atom stereocenters. The van der Waals surface area contributed by atoms with Gasteiger partial charge in [-0.05, 0) is 6.07 Å². The van der Waals surface area contributed by atoms with E-state index in [-0.39, 0.29) is 6.61 Å². The van der Waals surface area contributed by atoms with E-state index in [9.17, 15) is 0 Å². The maximum atomic E-state index is 9.00. The first-order chi connectivity index (χ1) is 6.22. The van der Waals surface area contributed by atoms with Crippen LogP contribution < -0.4 is 9.47 Å². The first-order valence-electron chi connectivity index (χ1n) is 3.74. The third-order valence-corrected chi connectivity index (χ3v) is 1.91. The van der Waals surface area contributed by atoms with Crippen LogP contribution in [-0.4, -0.2) is 19.3 Å². The Morgan fingerprint density at radius 2 is 2.00 bits per heavy atom. The molecule has 72 valence electrons. The Morgan fingerprint density at radius 3 is 2.46 bits per heavy atom. The molecule has 0 aliphatic heterocycles. The molecule has 0 aliphatic rings. The first kappa shape index (κ1) is 10.2. The van der Waals surface area contributed by atoms with E-state index in [0.29, 0.717) is 22.1 Å². The highest BCUT2D eigenvalue weighted by atomic mass is 35.5. The van der Waals surface area contributed by atoms with Crippen molar-refractivity contribution < 1.29 is 14.6 Å². The number of halogens is 1. The molecule has 1 rings (SSSR count). The Balaban J connectivity index is 3.25. The largest absolute Gasteiger partial charge is 0.493 e. The van der Waals surface area contributed by atoms with E-state index >= 15 is 0 Å². The normalized spacial score (nSPS) is 9.85. The summed E-state index contributed by atoms with van der Waals surface area (Å²) >= 11 is 5.79. The van der Waals surface area contributed by atoms with Gasteiger partial charge in [0.05, 0.1) is 20.8 Å². The molecule has 0 heterocycles. The summed E-state index contributed by atoms with van der Waals surface area (Å²) in [6, 6.07) is 3.28. The van der Waals surface area contributed by atoms with Gasteiger partial charge in [0.15, 0.2) is 11.5 Å². The molecule has 0 bridgehead atoms. The molecule has 1 N–H and O–H groups in total. The molecule has 0 amide bonds. The summed E-state index contributed by atoms with van der Waals surface area (Å²) in [7, 11) is 3.04. The van der Waals surface area contributed by atoms with Crippen molar-refractivity contribution >= 4 is 11.6 Å². The van der Waals surface area contributed by atoms with Crippen LogP contribution in [0.1, 0.15) is 5.56 Å². The van der Waals surface area contributed by atoms with E-state index < -0.39 is 0 Å². The van der Waals surface area contributed by atoms with Gasteiger partial charge in [0.2, 0.25) is 0 Å². The van der Waals surface area contributed by atoms with Crippen molar-refractivity contribution in [3.63, 3.8) is 0 Å². The van der Waals surface area contributed by atoms with Gasteiger partial charge in [0, 0.05) is 16.7 Å². The highest BCUT2D eigenvalue weighted by Gasteiger charge is 2.10. The van der Waals surface area contributed by atoms with Crippen LogP contribution in [-0.2, 0) is 6.61 Å². The quantitative estimate of drug-likeness (QED) is 0.813. The Kier molecular flexibility index (Phi) is 3.39. The molecule has 13 heavy (non-hydrogen) atoms. The Morgan fingerprint density at radius 1 is 1.31 bits per heavy atom. The van der Waals surface area contributed by atoms with Crippen LogP contribution >= 0.6 is 11.6 Å². The highest BCUT2D eigenvalue weighted by Crippen LogP contribution is 2.34. The Hall–Kier alpha value is -0.930. The second kappa shape index (κ2) is 4.35. The van der Waals surface area contributed by atoms with Crippen molar-refractivity contribution in [1.29, 1.82) is 0 Å². The van der Waals surface area contributed by atoms with Gasteiger partial charge in [-0.25, -0.2) is 0 Å². The molecule has 0 aromatic heterocycles. The summed E-state index contributed by atoms with van der Waals surface area (Å²) in [6.45, 7) is -0.125. The van der Waals surface area contributed by atoms with Crippen LogP contribution in [0, 0.1) is 0 Å². The number of benzene rings is 1. The number of aliphatic hydroxyl groups is 1. The minimum atomic E-state index is -0.125. The van der Waals surface area contributed by atoms with Crippen LogP contribution in [0.3, 0.4) is 0 Å². The lowest BCUT2D eigenvalue weighted by Crippen LogP contribution is -1.96. The van der Waals surface area contributed by atoms with Gasteiger partial charge in [0.25, 0.3) is 0 Å². The molecule has 0 saturated carbocycles. The fourth-order valence-corrected chi connectivity index (χ4v) is 1.35. The van der Waals surface area contributed by atoms with Gasteiger partial charge in [-0.1, -0.05) is 11.6 Å². The lowest BCUT2D eigenvalue weighted by molar-refractivity contribution is 0.270. The molecule has 0 fully saturated rings. The summed E-state index contributed by atoms with van der Waals surface area (Å²) in [5.74, 6) is 1.05. The molecular weight excluding hydrogens is 192 g/mol. The lowest BCUT2D eigenvalue weighted by Gasteiger charge is -2.11. The van der Waals surface area contributed by atoms with Crippen molar-refractivity contribution in [3.05, 3.63) is 22.7 Å². The molecule has 0 radical (unpaired) electrons. The van der Waals surface area contributed by atoms with E-state index in [2.05, 4.69) is 0 Å².